The topological polar surface area (TPSA) is 75.4 Å². The quantitative estimate of drug-likeness (QED) is 0.748. The molecule has 0 aliphatic rings. The molecular formula is C15H15FN2O2. The van der Waals surface area contributed by atoms with E-state index >= 15 is 0 Å². The number of aliphatic hydroxyl groups excluding tert-OH is 1. The number of anilines is 2. The molecule has 4 nitrogen and oxygen atoms in total. The minimum atomic E-state index is -0.479. The predicted octanol–water partition coefficient (Wildman–Crippen LogP) is 2.20. The molecule has 0 heterocycles. The normalized spacial score (nSPS) is 10.3. The number of hydrogen-bond acceptors (Lipinski definition) is 3. The number of nitrogen functional groups attached to an aromatic ring is 1. The van der Waals surface area contributed by atoms with Gasteiger partial charge < -0.3 is 16.2 Å². The number of benzene rings is 2. The average Bonchev–Trinajstić information content (AvgIpc) is 2.41. The Hall–Kier alpha value is -2.40. The van der Waals surface area contributed by atoms with Crippen molar-refractivity contribution in [3.63, 3.8) is 0 Å². The molecule has 0 aromatic heterocycles. The number of rotatable bonds is 4. The number of nitrogens with two attached hydrogens (primary N) is 1. The third-order valence-corrected chi connectivity index (χ3v) is 2.87. The van der Waals surface area contributed by atoms with Crippen molar-refractivity contribution >= 4 is 17.3 Å². The molecule has 1 amide bonds. The van der Waals surface area contributed by atoms with E-state index in [1.54, 1.807) is 12.1 Å². The van der Waals surface area contributed by atoms with Crippen molar-refractivity contribution in [1.29, 1.82) is 0 Å². The maximum Gasteiger partial charge on any atom is 0.257 e. The van der Waals surface area contributed by atoms with Gasteiger partial charge in [-0.25, -0.2) is 4.39 Å². The molecule has 2 aromatic carbocycles. The van der Waals surface area contributed by atoms with Gasteiger partial charge in [0, 0.05) is 18.0 Å². The molecule has 0 saturated heterocycles. The molecule has 2 aromatic rings. The Kier molecular flexibility index (Phi) is 4.32. The molecule has 0 unspecified atom stereocenters. The molecule has 2 rings (SSSR count). The molecule has 0 atom stereocenters. The summed E-state index contributed by atoms with van der Waals surface area (Å²) in [5.74, 6) is -0.871. The first kappa shape index (κ1) is 14.0. The number of halogens is 1. The third kappa shape index (κ3) is 3.33. The van der Waals surface area contributed by atoms with E-state index in [1.807, 2.05) is 12.1 Å². The Morgan fingerprint density at radius 1 is 1.20 bits per heavy atom. The van der Waals surface area contributed by atoms with Crippen LogP contribution in [-0.4, -0.2) is 17.6 Å². The van der Waals surface area contributed by atoms with Crippen molar-refractivity contribution in [3.8, 4) is 0 Å². The summed E-state index contributed by atoms with van der Waals surface area (Å²) in [6.07, 6.45) is 0.569. The smallest absolute Gasteiger partial charge is 0.257 e. The predicted molar refractivity (Wildman–Crippen MR) is 76.0 cm³/mol. The van der Waals surface area contributed by atoms with Crippen LogP contribution in [0.15, 0.2) is 42.5 Å². The van der Waals surface area contributed by atoms with Crippen LogP contribution in [0.1, 0.15) is 15.9 Å². The summed E-state index contributed by atoms with van der Waals surface area (Å²) >= 11 is 0. The van der Waals surface area contributed by atoms with Crippen molar-refractivity contribution in [3.05, 3.63) is 59.4 Å². The lowest BCUT2D eigenvalue weighted by Gasteiger charge is -2.08. The molecule has 0 spiro atoms. The first-order valence-corrected chi connectivity index (χ1v) is 6.16. The molecule has 5 heteroatoms. The maximum absolute atomic E-state index is 12.9. The van der Waals surface area contributed by atoms with Gasteiger partial charge in [-0.1, -0.05) is 12.1 Å². The Morgan fingerprint density at radius 3 is 2.50 bits per heavy atom. The lowest BCUT2D eigenvalue weighted by Crippen LogP contribution is -2.14. The van der Waals surface area contributed by atoms with Gasteiger partial charge in [0.05, 0.1) is 5.56 Å². The van der Waals surface area contributed by atoms with Gasteiger partial charge in [0.15, 0.2) is 0 Å². The van der Waals surface area contributed by atoms with Crippen LogP contribution in [0, 0.1) is 5.82 Å². The highest BCUT2D eigenvalue weighted by molar-refractivity contribution is 6.07. The molecular weight excluding hydrogens is 259 g/mol. The average molecular weight is 274 g/mol. The van der Waals surface area contributed by atoms with Crippen LogP contribution < -0.4 is 11.1 Å². The lowest BCUT2D eigenvalue weighted by atomic mass is 10.1. The van der Waals surface area contributed by atoms with Gasteiger partial charge in [0.1, 0.15) is 5.82 Å². The molecule has 0 fully saturated rings. The van der Waals surface area contributed by atoms with Crippen molar-refractivity contribution in [2.45, 2.75) is 6.42 Å². The van der Waals surface area contributed by atoms with Crippen LogP contribution in [0.3, 0.4) is 0 Å². The van der Waals surface area contributed by atoms with E-state index < -0.39 is 11.7 Å². The number of hydrogen-bond donors (Lipinski definition) is 3. The number of nitrogens with one attached hydrogen (secondary N) is 1. The Bertz CT molecular complexity index is 612. The van der Waals surface area contributed by atoms with Crippen LogP contribution in [-0.2, 0) is 6.42 Å². The van der Waals surface area contributed by atoms with Gasteiger partial charge in [-0.05, 0) is 42.3 Å². The van der Waals surface area contributed by atoms with Crippen molar-refractivity contribution in [1.82, 2.24) is 0 Å². The highest BCUT2D eigenvalue weighted by Gasteiger charge is 2.10. The first-order chi connectivity index (χ1) is 9.60. The monoisotopic (exact) mass is 274 g/mol. The summed E-state index contributed by atoms with van der Waals surface area (Å²) < 4.78 is 12.9. The Labute approximate surface area is 116 Å². The van der Waals surface area contributed by atoms with Gasteiger partial charge in [0.25, 0.3) is 5.91 Å². The van der Waals surface area contributed by atoms with E-state index in [1.165, 1.54) is 12.1 Å². The number of carbonyl (C=O) groups is 1. The van der Waals surface area contributed by atoms with Gasteiger partial charge in [-0.3, -0.25) is 4.79 Å². The Morgan fingerprint density at radius 2 is 1.90 bits per heavy atom. The largest absolute Gasteiger partial charge is 0.398 e. The maximum atomic E-state index is 12.9. The summed E-state index contributed by atoms with van der Waals surface area (Å²) in [6.45, 7) is 0.0812. The van der Waals surface area contributed by atoms with E-state index in [4.69, 9.17) is 10.8 Å². The van der Waals surface area contributed by atoms with E-state index in [-0.39, 0.29) is 17.9 Å². The second-order valence-corrected chi connectivity index (χ2v) is 4.36. The van der Waals surface area contributed by atoms with Crippen LogP contribution in [0.25, 0.3) is 0 Å². The van der Waals surface area contributed by atoms with E-state index in [9.17, 15) is 9.18 Å². The summed E-state index contributed by atoms with van der Waals surface area (Å²) in [5, 5.41) is 11.5. The zero-order valence-electron chi connectivity index (χ0n) is 10.8. The number of aliphatic hydroxyl groups is 1. The zero-order valence-corrected chi connectivity index (χ0v) is 10.8. The lowest BCUT2D eigenvalue weighted by molar-refractivity contribution is 0.102. The van der Waals surface area contributed by atoms with Crippen molar-refractivity contribution in [2.75, 3.05) is 17.7 Å². The van der Waals surface area contributed by atoms with Gasteiger partial charge in [0.2, 0.25) is 0 Å². The number of amides is 1. The van der Waals surface area contributed by atoms with Crippen LogP contribution in [0.2, 0.25) is 0 Å². The van der Waals surface area contributed by atoms with Gasteiger partial charge >= 0.3 is 0 Å². The zero-order chi connectivity index (χ0) is 14.5. The summed E-state index contributed by atoms with van der Waals surface area (Å²) in [5.41, 5.74) is 7.53. The molecule has 0 radical (unpaired) electrons. The van der Waals surface area contributed by atoms with E-state index in [2.05, 4.69) is 5.32 Å². The SMILES string of the molecule is Nc1cc(F)ccc1C(=O)Nc1ccc(CCO)cc1. The fraction of sp³-hybridized carbons (Fsp3) is 0.133. The minimum absolute atomic E-state index is 0.0812. The third-order valence-electron chi connectivity index (χ3n) is 2.87. The molecule has 104 valence electrons. The first-order valence-electron chi connectivity index (χ1n) is 6.16. The van der Waals surface area contributed by atoms with Crippen LogP contribution >= 0.6 is 0 Å². The summed E-state index contributed by atoms with van der Waals surface area (Å²) in [7, 11) is 0. The minimum Gasteiger partial charge on any atom is -0.398 e. The highest BCUT2D eigenvalue weighted by Crippen LogP contribution is 2.16. The van der Waals surface area contributed by atoms with Crippen molar-refractivity contribution < 1.29 is 14.3 Å². The highest BCUT2D eigenvalue weighted by atomic mass is 19.1. The van der Waals surface area contributed by atoms with E-state index in [0.717, 1.165) is 11.6 Å². The van der Waals surface area contributed by atoms with Gasteiger partial charge in [-0.2, -0.15) is 0 Å². The second kappa shape index (κ2) is 6.16. The summed E-state index contributed by atoms with van der Waals surface area (Å²) in [4.78, 5) is 12.0. The van der Waals surface area contributed by atoms with Crippen LogP contribution in [0.5, 0.6) is 0 Å². The molecule has 0 bridgehead atoms. The fourth-order valence-electron chi connectivity index (χ4n) is 1.82. The van der Waals surface area contributed by atoms with Gasteiger partial charge in [-0.15, -0.1) is 0 Å². The summed E-state index contributed by atoms with van der Waals surface area (Å²) in [6, 6.07) is 10.8. The van der Waals surface area contributed by atoms with Crippen molar-refractivity contribution in [2.24, 2.45) is 0 Å². The molecule has 20 heavy (non-hydrogen) atoms. The molecule has 0 aliphatic heterocycles. The van der Waals surface area contributed by atoms with E-state index in [0.29, 0.717) is 12.1 Å². The molecule has 0 saturated carbocycles. The number of carbonyl (C=O) groups excluding carboxylic acids is 1. The molecule has 4 N–H and O–H groups in total. The van der Waals surface area contributed by atoms with Crippen LogP contribution in [0.4, 0.5) is 15.8 Å². The Balaban J connectivity index is 2.11. The fourth-order valence-corrected chi connectivity index (χ4v) is 1.82. The molecule has 0 aliphatic carbocycles. The standard InChI is InChI=1S/C15H15FN2O2/c16-11-3-6-13(14(17)9-11)15(20)18-12-4-1-10(2-5-12)7-8-19/h1-6,9,19H,7-8,17H2,(H,18,20). The second-order valence-electron chi connectivity index (χ2n) is 4.36.